The third kappa shape index (κ3) is 3.46. The van der Waals surface area contributed by atoms with Gasteiger partial charge in [0.05, 0.1) is 6.26 Å². The number of carbonyl (C=O) groups is 3. The van der Waals surface area contributed by atoms with Crippen LogP contribution in [0.15, 0.2) is 41.0 Å². The van der Waals surface area contributed by atoms with Crippen LogP contribution < -0.4 is 5.32 Å². The highest BCUT2D eigenvalue weighted by atomic mass is 16.3. The lowest BCUT2D eigenvalue weighted by Crippen LogP contribution is -2.52. The number of nitrogens with one attached hydrogen (secondary N) is 1. The monoisotopic (exact) mass is 355 g/mol. The zero-order valence-electron chi connectivity index (χ0n) is 15.0. The molecule has 2 heterocycles. The van der Waals surface area contributed by atoms with Gasteiger partial charge in [-0.05, 0) is 35.4 Å². The lowest BCUT2D eigenvalue weighted by molar-refractivity contribution is -0.134. The number of benzene rings is 1. The van der Waals surface area contributed by atoms with Gasteiger partial charge in [-0.3, -0.25) is 14.4 Å². The van der Waals surface area contributed by atoms with Gasteiger partial charge in [0.2, 0.25) is 11.8 Å². The Morgan fingerprint density at radius 1 is 1.19 bits per heavy atom. The molecule has 136 valence electrons. The van der Waals surface area contributed by atoms with Crippen molar-refractivity contribution in [2.24, 2.45) is 0 Å². The van der Waals surface area contributed by atoms with Gasteiger partial charge in [-0.1, -0.05) is 6.07 Å². The fourth-order valence-electron chi connectivity index (χ4n) is 3.14. The molecule has 1 N–H and O–H groups in total. The van der Waals surface area contributed by atoms with Crippen LogP contribution in [-0.2, 0) is 22.6 Å². The molecule has 0 fully saturated rings. The van der Waals surface area contributed by atoms with E-state index in [1.165, 1.54) is 23.0 Å². The average Bonchev–Trinajstić information content (AvgIpc) is 3.13. The van der Waals surface area contributed by atoms with Crippen molar-refractivity contribution >= 4 is 23.4 Å². The van der Waals surface area contributed by atoms with Crippen molar-refractivity contribution in [2.75, 3.05) is 19.4 Å². The van der Waals surface area contributed by atoms with E-state index in [1.807, 2.05) is 12.1 Å². The Labute approximate surface area is 151 Å². The molecule has 0 saturated carbocycles. The third-order valence-electron chi connectivity index (χ3n) is 4.38. The maximum absolute atomic E-state index is 12.9. The minimum Gasteiger partial charge on any atom is -0.459 e. The summed E-state index contributed by atoms with van der Waals surface area (Å²) < 4.78 is 5.23. The van der Waals surface area contributed by atoms with Crippen LogP contribution in [0, 0.1) is 0 Å². The molecule has 7 nitrogen and oxygen atoms in total. The molecule has 3 rings (SSSR count). The summed E-state index contributed by atoms with van der Waals surface area (Å²) >= 11 is 0. The van der Waals surface area contributed by atoms with Crippen LogP contribution in [0.3, 0.4) is 0 Å². The van der Waals surface area contributed by atoms with E-state index in [1.54, 1.807) is 32.3 Å². The molecule has 1 aromatic heterocycles. The van der Waals surface area contributed by atoms with Crippen molar-refractivity contribution in [3.8, 4) is 0 Å². The van der Waals surface area contributed by atoms with Gasteiger partial charge < -0.3 is 19.5 Å². The molecular weight excluding hydrogens is 334 g/mol. The Morgan fingerprint density at radius 3 is 2.58 bits per heavy atom. The maximum atomic E-state index is 12.9. The SMILES string of the molecule is CC(=O)Nc1ccc2c(c1)CN(C(=O)c1ccco1)C(C(=O)N(C)C)C2. The molecule has 1 aliphatic heterocycles. The average molecular weight is 355 g/mol. The summed E-state index contributed by atoms with van der Waals surface area (Å²) in [6.45, 7) is 1.71. The number of hydrogen-bond acceptors (Lipinski definition) is 4. The molecule has 1 unspecified atom stereocenters. The van der Waals surface area contributed by atoms with Gasteiger partial charge in [-0.2, -0.15) is 0 Å². The first kappa shape index (κ1) is 17.7. The summed E-state index contributed by atoms with van der Waals surface area (Å²) in [5.41, 5.74) is 2.56. The highest BCUT2D eigenvalue weighted by molar-refractivity contribution is 5.96. The van der Waals surface area contributed by atoms with Crippen LogP contribution in [0.5, 0.6) is 0 Å². The van der Waals surface area contributed by atoms with Crippen LogP contribution >= 0.6 is 0 Å². The summed E-state index contributed by atoms with van der Waals surface area (Å²) in [4.78, 5) is 39.8. The topological polar surface area (TPSA) is 82.9 Å². The van der Waals surface area contributed by atoms with E-state index in [0.717, 1.165) is 11.1 Å². The number of amides is 3. The van der Waals surface area contributed by atoms with E-state index in [2.05, 4.69) is 5.32 Å². The fourth-order valence-corrected chi connectivity index (χ4v) is 3.14. The molecule has 3 amide bonds. The Morgan fingerprint density at radius 2 is 1.96 bits per heavy atom. The van der Waals surface area contributed by atoms with Crippen LogP contribution in [-0.4, -0.2) is 47.7 Å². The zero-order valence-corrected chi connectivity index (χ0v) is 15.0. The summed E-state index contributed by atoms with van der Waals surface area (Å²) in [6.07, 6.45) is 1.85. The Balaban J connectivity index is 1.96. The zero-order chi connectivity index (χ0) is 18.8. The molecule has 1 atom stereocenters. The summed E-state index contributed by atoms with van der Waals surface area (Å²) in [5, 5.41) is 2.74. The van der Waals surface area contributed by atoms with Gasteiger partial charge >= 0.3 is 0 Å². The molecule has 0 saturated heterocycles. The first-order valence-corrected chi connectivity index (χ1v) is 8.32. The fraction of sp³-hybridized carbons (Fsp3) is 0.316. The molecule has 2 aromatic rings. The molecular formula is C19H21N3O4. The number of nitrogens with zero attached hydrogens (tertiary/aromatic N) is 2. The summed E-state index contributed by atoms with van der Waals surface area (Å²) in [7, 11) is 3.35. The number of fused-ring (bicyclic) bond motifs is 1. The van der Waals surface area contributed by atoms with Gasteiger partial charge in [0.1, 0.15) is 6.04 Å². The Kier molecular flexibility index (Phi) is 4.79. The number of likely N-dealkylation sites (N-methyl/N-ethyl adjacent to an activating group) is 1. The molecule has 0 spiro atoms. The minimum absolute atomic E-state index is 0.138. The molecule has 7 heteroatoms. The molecule has 0 bridgehead atoms. The first-order chi connectivity index (χ1) is 12.4. The lowest BCUT2D eigenvalue weighted by atomic mass is 9.92. The highest BCUT2D eigenvalue weighted by Crippen LogP contribution is 2.28. The van der Waals surface area contributed by atoms with Gasteiger partial charge in [0, 0.05) is 39.7 Å². The summed E-state index contributed by atoms with van der Waals surface area (Å²) in [6, 6.07) is 8.18. The third-order valence-corrected chi connectivity index (χ3v) is 4.38. The van der Waals surface area contributed by atoms with Gasteiger partial charge in [-0.25, -0.2) is 0 Å². The highest BCUT2D eigenvalue weighted by Gasteiger charge is 2.36. The van der Waals surface area contributed by atoms with E-state index in [4.69, 9.17) is 4.42 Å². The van der Waals surface area contributed by atoms with E-state index in [-0.39, 0.29) is 30.0 Å². The number of carbonyl (C=O) groups excluding carboxylic acids is 3. The standard InChI is InChI=1S/C19H21N3O4/c1-12(23)20-15-7-6-13-10-16(18(24)21(2)3)22(11-14(13)9-15)19(25)17-5-4-8-26-17/h4-9,16H,10-11H2,1-3H3,(H,20,23). The Hall–Kier alpha value is -3.09. The van der Waals surface area contributed by atoms with Crippen LogP contribution in [0.25, 0.3) is 0 Å². The number of hydrogen-bond donors (Lipinski definition) is 1. The lowest BCUT2D eigenvalue weighted by Gasteiger charge is -2.37. The normalized spacial score (nSPS) is 16.0. The molecule has 1 aliphatic rings. The van der Waals surface area contributed by atoms with Crippen molar-refractivity contribution in [3.63, 3.8) is 0 Å². The predicted molar refractivity (Wildman–Crippen MR) is 95.5 cm³/mol. The van der Waals surface area contributed by atoms with Crippen molar-refractivity contribution in [2.45, 2.75) is 25.9 Å². The second kappa shape index (κ2) is 7.03. The molecule has 0 radical (unpaired) electrons. The van der Waals surface area contributed by atoms with Crippen LogP contribution in [0.4, 0.5) is 5.69 Å². The van der Waals surface area contributed by atoms with E-state index >= 15 is 0 Å². The Bertz CT molecular complexity index is 842. The van der Waals surface area contributed by atoms with Crippen molar-refractivity contribution in [3.05, 3.63) is 53.5 Å². The predicted octanol–water partition coefficient (Wildman–Crippen LogP) is 1.89. The number of rotatable bonds is 3. The molecule has 26 heavy (non-hydrogen) atoms. The van der Waals surface area contributed by atoms with Gasteiger partial charge in [0.25, 0.3) is 5.91 Å². The molecule has 0 aliphatic carbocycles. The van der Waals surface area contributed by atoms with E-state index in [9.17, 15) is 14.4 Å². The van der Waals surface area contributed by atoms with Crippen molar-refractivity contribution < 1.29 is 18.8 Å². The summed E-state index contributed by atoms with van der Waals surface area (Å²) in [5.74, 6) is -0.430. The second-order valence-electron chi connectivity index (χ2n) is 6.53. The first-order valence-electron chi connectivity index (χ1n) is 8.32. The number of furan rings is 1. The number of anilines is 1. The van der Waals surface area contributed by atoms with Gasteiger partial charge in [-0.15, -0.1) is 0 Å². The maximum Gasteiger partial charge on any atom is 0.290 e. The van der Waals surface area contributed by atoms with Crippen molar-refractivity contribution in [1.29, 1.82) is 0 Å². The van der Waals surface area contributed by atoms with E-state index < -0.39 is 6.04 Å². The quantitative estimate of drug-likeness (QED) is 0.911. The van der Waals surface area contributed by atoms with Crippen molar-refractivity contribution in [1.82, 2.24) is 9.80 Å². The largest absolute Gasteiger partial charge is 0.459 e. The van der Waals surface area contributed by atoms with E-state index in [0.29, 0.717) is 12.1 Å². The second-order valence-corrected chi connectivity index (χ2v) is 6.53. The molecule has 1 aromatic carbocycles. The minimum atomic E-state index is -0.596. The van der Waals surface area contributed by atoms with Crippen LogP contribution in [0.1, 0.15) is 28.6 Å². The van der Waals surface area contributed by atoms with Crippen LogP contribution in [0.2, 0.25) is 0 Å². The van der Waals surface area contributed by atoms with Gasteiger partial charge in [0.15, 0.2) is 5.76 Å². The smallest absolute Gasteiger partial charge is 0.290 e.